The lowest BCUT2D eigenvalue weighted by molar-refractivity contribution is -0.140. The minimum absolute atomic E-state index is 0.123. The summed E-state index contributed by atoms with van der Waals surface area (Å²) in [4.78, 5) is 12.5. The Morgan fingerprint density at radius 2 is 1.77 bits per heavy atom. The van der Waals surface area contributed by atoms with Gasteiger partial charge in [-0.2, -0.15) is 4.31 Å². The van der Waals surface area contributed by atoms with Gasteiger partial charge < -0.3 is 9.26 Å². The fourth-order valence-corrected chi connectivity index (χ4v) is 4.87. The van der Waals surface area contributed by atoms with Crippen molar-refractivity contribution in [2.24, 2.45) is 5.92 Å². The first-order valence-electron chi connectivity index (χ1n) is 8.50. The Morgan fingerprint density at radius 3 is 2.31 bits per heavy atom. The summed E-state index contributed by atoms with van der Waals surface area (Å²) in [6.45, 7) is 5.68. The number of esters is 1. The third-order valence-electron chi connectivity index (χ3n) is 4.59. The number of carbonyl (C=O) groups is 1. The van der Waals surface area contributed by atoms with Gasteiger partial charge in [0.05, 0.1) is 5.92 Å². The minimum Gasteiger partial charge on any atom is -0.426 e. The zero-order valence-corrected chi connectivity index (χ0v) is 15.9. The highest BCUT2D eigenvalue weighted by atomic mass is 32.2. The zero-order valence-electron chi connectivity index (χ0n) is 15.1. The third kappa shape index (κ3) is 3.66. The largest absolute Gasteiger partial charge is 0.426 e. The summed E-state index contributed by atoms with van der Waals surface area (Å²) in [5.41, 5.74) is 1.44. The number of rotatable bonds is 4. The van der Waals surface area contributed by atoms with E-state index >= 15 is 0 Å². The summed E-state index contributed by atoms with van der Waals surface area (Å²) in [6.07, 6.45) is 0.848. The van der Waals surface area contributed by atoms with E-state index in [9.17, 15) is 13.2 Å². The van der Waals surface area contributed by atoms with Crippen molar-refractivity contribution >= 4 is 16.0 Å². The maximum absolute atomic E-state index is 12.8. The summed E-state index contributed by atoms with van der Waals surface area (Å²) >= 11 is 0. The fourth-order valence-electron chi connectivity index (χ4n) is 3.11. The van der Waals surface area contributed by atoms with E-state index < -0.39 is 10.0 Å². The van der Waals surface area contributed by atoms with Gasteiger partial charge in [-0.25, -0.2) is 8.42 Å². The number of aromatic nitrogens is 1. The number of aryl methyl sites for hydroxylation is 3. The van der Waals surface area contributed by atoms with E-state index in [-0.39, 0.29) is 35.6 Å². The van der Waals surface area contributed by atoms with Crippen LogP contribution in [0.15, 0.2) is 33.7 Å². The van der Waals surface area contributed by atoms with E-state index in [4.69, 9.17) is 9.26 Å². The molecule has 26 heavy (non-hydrogen) atoms. The van der Waals surface area contributed by atoms with Crippen molar-refractivity contribution in [3.8, 4) is 5.75 Å². The number of ether oxygens (including phenoxy) is 1. The van der Waals surface area contributed by atoms with Gasteiger partial charge in [-0.1, -0.05) is 22.9 Å². The lowest BCUT2D eigenvalue weighted by Crippen LogP contribution is -2.41. The second kappa shape index (κ2) is 7.20. The van der Waals surface area contributed by atoms with Crippen molar-refractivity contribution < 1.29 is 22.5 Å². The highest BCUT2D eigenvalue weighted by Crippen LogP contribution is 2.28. The van der Waals surface area contributed by atoms with E-state index in [1.165, 1.54) is 4.31 Å². The monoisotopic (exact) mass is 378 g/mol. The van der Waals surface area contributed by atoms with E-state index in [2.05, 4.69) is 5.16 Å². The second-order valence-corrected chi connectivity index (χ2v) is 8.44. The molecule has 7 nitrogen and oxygen atoms in total. The van der Waals surface area contributed by atoms with Crippen molar-refractivity contribution in [1.29, 1.82) is 0 Å². The van der Waals surface area contributed by atoms with Gasteiger partial charge >= 0.3 is 5.97 Å². The fraction of sp³-hybridized carbons (Fsp3) is 0.444. The van der Waals surface area contributed by atoms with Crippen LogP contribution >= 0.6 is 0 Å². The van der Waals surface area contributed by atoms with E-state index in [0.717, 1.165) is 5.56 Å². The molecular formula is C18H22N2O5S. The van der Waals surface area contributed by atoms with Crippen LogP contribution in [0.5, 0.6) is 5.75 Å². The first-order chi connectivity index (χ1) is 12.3. The summed E-state index contributed by atoms with van der Waals surface area (Å²) in [6, 6.07) is 7.26. The van der Waals surface area contributed by atoms with Gasteiger partial charge in [0.2, 0.25) is 10.0 Å². The molecule has 3 rings (SSSR count). The summed E-state index contributed by atoms with van der Waals surface area (Å²) in [7, 11) is -3.67. The first kappa shape index (κ1) is 18.6. The molecule has 0 spiro atoms. The predicted molar refractivity (Wildman–Crippen MR) is 94.3 cm³/mol. The van der Waals surface area contributed by atoms with Crippen molar-refractivity contribution in [1.82, 2.24) is 9.46 Å². The third-order valence-corrected chi connectivity index (χ3v) is 6.74. The SMILES string of the molecule is Cc1ccc(OC(=O)C2CCN(S(=O)(=O)c3c(C)noc3C)CC2)cc1. The number of hydrogen-bond donors (Lipinski definition) is 0. The van der Waals surface area contributed by atoms with Crippen LogP contribution in [0.2, 0.25) is 0 Å². The zero-order chi connectivity index (χ0) is 18.9. The Labute approximate surface area is 153 Å². The van der Waals surface area contributed by atoms with Crippen LogP contribution in [0.3, 0.4) is 0 Å². The molecule has 0 atom stereocenters. The summed E-state index contributed by atoms with van der Waals surface area (Å²) in [5.74, 6) is 0.158. The standard InChI is InChI=1S/C18H22N2O5S/c1-12-4-6-16(7-5-12)24-18(21)15-8-10-20(11-9-15)26(22,23)17-13(2)19-25-14(17)3/h4-7,15H,8-11H2,1-3H3. The van der Waals surface area contributed by atoms with Gasteiger partial charge in [0.25, 0.3) is 0 Å². The van der Waals surface area contributed by atoms with E-state index in [1.807, 2.05) is 19.1 Å². The van der Waals surface area contributed by atoms with Crippen LogP contribution in [0, 0.1) is 26.7 Å². The van der Waals surface area contributed by atoms with Crippen LogP contribution in [0.4, 0.5) is 0 Å². The first-order valence-corrected chi connectivity index (χ1v) is 9.94. The predicted octanol–water partition coefficient (Wildman–Crippen LogP) is 2.61. The molecule has 0 unspecified atom stereocenters. The van der Waals surface area contributed by atoms with Gasteiger partial charge in [0, 0.05) is 13.1 Å². The molecule has 1 aliphatic heterocycles. The number of carbonyl (C=O) groups excluding carboxylic acids is 1. The van der Waals surface area contributed by atoms with Crippen molar-refractivity contribution in [2.45, 2.75) is 38.5 Å². The average Bonchev–Trinajstić information content (AvgIpc) is 2.96. The second-order valence-electron chi connectivity index (χ2n) is 6.57. The average molecular weight is 378 g/mol. The van der Waals surface area contributed by atoms with Crippen molar-refractivity contribution in [3.63, 3.8) is 0 Å². The Kier molecular flexibility index (Phi) is 5.15. The van der Waals surface area contributed by atoms with Gasteiger partial charge in [0.15, 0.2) is 5.76 Å². The molecule has 0 amide bonds. The van der Waals surface area contributed by atoms with Gasteiger partial charge in [0.1, 0.15) is 16.3 Å². The van der Waals surface area contributed by atoms with Crippen LogP contribution in [0.25, 0.3) is 0 Å². The van der Waals surface area contributed by atoms with Crippen LogP contribution in [-0.2, 0) is 14.8 Å². The summed E-state index contributed by atoms with van der Waals surface area (Å²) < 4.78 is 37.4. The number of piperidine rings is 1. The molecular weight excluding hydrogens is 356 g/mol. The Balaban J connectivity index is 1.63. The maximum Gasteiger partial charge on any atom is 0.314 e. The van der Waals surface area contributed by atoms with E-state index in [1.54, 1.807) is 26.0 Å². The topological polar surface area (TPSA) is 89.7 Å². The molecule has 1 saturated heterocycles. The number of hydrogen-bond acceptors (Lipinski definition) is 6. The van der Waals surface area contributed by atoms with Gasteiger partial charge in [-0.05, 0) is 45.7 Å². The number of nitrogens with zero attached hydrogens (tertiary/aromatic N) is 2. The molecule has 1 aromatic heterocycles. The van der Waals surface area contributed by atoms with Crippen LogP contribution in [0.1, 0.15) is 29.9 Å². The quantitative estimate of drug-likeness (QED) is 0.600. The molecule has 140 valence electrons. The van der Waals surface area contributed by atoms with Crippen LogP contribution in [-0.4, -0.2) is 36.9 Å². The molecule has 0 bridgehead atoms. The van der Waals surface area contributed by atoms with Gasteiger partial charge in [-0.15, -0.1) is 0 Å². The molecule has 1 aliphatic rings. The molecule has 0 radical (unpaired) electrons. The lowest BCUT2D eigenvalue weighted by atomic mass is 9.98. The highest BCUT2D eigenvalue weighted by Gasteiger charge is 2.36. The van der Waals surface area contributed by atoms with Crippen LogP contribution < -0.4 is 4.74 Å². The van der Waals surface area contributed by atoms with E-state index in [0.29, 0.717) is 24.3 Å². The van der Waals surface area contributed by atoms with Crippen molar-refractivity contribution in [2.75, 3.05) is 13.1 Å². The molecule has 1 fully saturated rings. The molecule has 0 aliphatic carbocycles. The smallest absolute Gasteiger partial charge is 0.314 e. The Bertz CT molecular complexity index is 875. The maximum atomic E-state index is 12.8. The number of sulfonamides is 1. The van der Waals surface area contributed by atoms with Crippen molar-refractivity contribution in [3.05, 3.63) is 41.3 Å². The molecule has 2 aromatic rings. The molecule has 1 aromatic carbocycles. The Hall–Kier alpha value is -2.19. The molecule has 8 heteroatoms. The molecule has 0 N–H and O–H groups in total. The molecule has 0 saturated carbocycles. The normalized spacial score (nSPS) is 16.6. The molecule has 2 heterocycles. The van der Waals surface area contributed by atoms with Gasteiger partial charge in [-0.3, -0.25) is 4.79 Å². The highest BCUT2D eigenvalue weighted by molar-refractivity contribution is 7.89. The minimum atomic E-state index is -3.67. The lowest BCUT2D eigenvalue weighted by Gasteiger charge is -2.29. The Morgan fingerprint density at radius 1 is 1.15 bits per heavy atom. The number of benzene rings is 1. The summed E-state index contributed by atoms with van der Waals surface area (Å²) in [5, 5.41) is 3.72.